The predicted molar refractivity (Wildman–Crippen MR) is 146 cm³/mol. The fourth-order valence-electron chi connectivity index (χ4n) is 5.10. The first-order valence-electron chi connectivity index (χ1n) is 12.5. The highest BCUT2D eigenvalue weighted by Crippen LogP contribution is 2.38. The molecule has 1 aliphatic carbocycles. The summed E-state index contributed by atoms with van der Waals surface area (Å²) >= 11 is 0. The number of likely N-dealkylation sites (tertiary alicyclic amines) is 1. The summed E-state index contributed by atoms with van der Waals surface area (Å²) in [4.78, 5) is 15.3. The first kappa shape index (κ1) is 24.9. The number of allylic oxidation sites excluding steroid dienone is 7. The van der Waals surface area contributed by atoms with Crippen LogP contribution in [0.4, 0.5) is 0 Å². The molecule has 0 aromatic heterocycles. The summed E-state index contributed by atoms with van der Waals surface area (Å²) in [6.45, 7) is 8.86. The number of ether oxygens (including phenoxy) is 1. The summed E-state index contributed by atoms with van der Waals surface area (Å²) in [5, 5.41) is 0. The Hall–Kier alpha value is -3.17. The maximum absolute atomic E-state index is 12.9. The molecule has 0 spiro atoms. The third-order valence-electron chi connectivity index (χ3n) is 7.42. The van der Waals surface area contributed by atoms with Crippen molar-refractivity contribution in [3.05, 3.63) is 102 Å². The van der Waals surface area contributed by atoms with E-state index in [0.717, 1.165) is 29.5 Å². The molecule has 0 radical (unpaired) electrons. The van der Waals surface area contributed by atoms with Crippen LogP contribution in [0, 0.1) is 5.92 Å². The van der Waals surface area contributed by atoms with Crippen molar-refractivity contribution in [1.29, 1.82) is 0 Å². The molecule has 0 amide bonds. The highest BCUT2D eigenvalue weighted by molar-refractivity contribution is 5.90. The van der Waals surface area contributed by atoms with Gasteiger partial charge < -0.3 is 4.74 Å². The van der Waals surface area contributed by atoms with Gasteiger partial charge in [-0.25, -0.2) is 4.79 Å². The van der Waals surface area contributed by atoms with Crippen molar-refractivity contribution in [2.75, 3.05) is 7.05 Å². The monoisotopic (exact) mass is 467 g/mol. The molecule has 0 unspecified atom stereocenters. The smallest absolute Gasteiger partial charge is 0.338 e. The Kier molecular flexibility index (Phi) is 7.28. The van der Waals surface area contributed by atoms with Crippen LogP contribution in [0.15, 0.2) is 91.1 Å². The van der Waals surface area contributed by atoms with Crippen LogP contribution in [0.5, 0.6) is 0 Å². The second kappa shape index (κ2) is 10.2. The second-order valence-electron chi connectivity index (χ2n) is 10.9. The van der Waals surface area contributed by atoms with Crippen molar-refractivity contribution in [3.63, 3.8) is 0 Å². The maximum Gasteiger partial charge on any atom is 0.338 e. The molecule has 0 saturated carbocycles. The molecule has 0 bridgehead atoms. The number of nitrogens with zero attached hydrogens (tertiary/aromatic N) is 1. The van der Waals surface area contributed by atoms with Gasteiger partial charge in [-0.3, -0.25) is 4.90 Å². The van der Waals surface area contributed by atoms with Gasteiger partial charge in [-0.1, -0.05) is 85.0 Å². The van der Waals surface area contributed by atoms with Gasteiger partial charge in [0.05, 0.1) is 5.56 Å². The average Bonchev–Trinajstić information content (AvgIpc) is 3.10. The van der Waals surface area contributed by atoms with Crippen LogP contribution in [0.1, 0.15) is 56.5 Å². The highest BCUT2D eigenvalue weighted by Gasteiger charge is 2.44. The van der Waals surface area contributed by atoms with Crippen molar-refractivity contribution < 1.29 is 9.53 Å². The van der Waals surface area contributed by atoms with Crippen LogP contribution in [0.25, 0.3) is 17.2 Å². The number of carbonyl (C=O) groups is 1. The summed E-state index contributed by atoms with van der Waals surface area (Å²) in [6.07, 6.45) is 18.5. The van der Waals surface area contributed by atoms with Gasteiger partial charge in [0.25, 0.3) is 0 Å². The molecular formula is C32H37NO2. The zero-order chi connectivity index (χ0) is 25.1. The normalized spacial score (nSPS) is 20.3. The van der Waals surface area contributed by atoms with Crippen LogP contribution in [-0.2, 0) is 4.74 Å². The quantitative estimate of drug-likeness (QED) is 0.427. The van der Waals surface area contributed by atoms with Crippen LogP contribution in [-0.4, -0.2) is 35.1 Å². The lowest BCUT2D eigenvalue weighted by molar-refractivity contribution is -0.0732. The van der Waals surface area contributed by atoms with E-state index < -0.39 is 0 Å². The standard InChI is InChI=1S/C32H37NO2/c1-31(2)22-29(23-32(3,4)33(31)5)35-30(34)28-20-18-27(19-21-28)26-16-14-25(15-17-26)13-12-24-10-8-6-7-9-11-24/h6-21,24,29H,22-23H2,1-5H3/b13-12+. The Bertz CT molecular complexity index is 1110. The number of esters is 1. The predicted octanol–water partition coefficient (Wildman–Crippen LogP) is 7.47. The Morgan fingerprint density at radius 1 is 0.829 bits per heavy atom. The molecule has 2 aliphatic rings. The van der Waals surface area contributed by atoms with E-state index in [1.54, 1.807) is 0 Å². The van der Waals surface area contributed by atoms with E-state index in [9.17, 15) is 4.79 Å². The van der Waals surface area contributed by atoms with E-state index in [0.29, 0.717) is 11.5 Å². The Morgan fingerprint density at radius 3 is 1.89 bits per heavy atom. The number of benzene rings is 2. The van der Waals surface area contributed by atoms with E-state index in [1.165, 1.54) is 0 Å². The largest absolute Gasteiger partial charge is 0.459 e. The van der Waals surface area contributed by atoms with E-state index in [2.05, 4.69) is 100 Å². The van der Waals surface area contributed by atoms with E-state index in [-0.39, 0.29) is 23.2 Å². The molecule has 3 heteroatoms. The second-order valence-corrected chi connectivity index (χ2v) is 10.9. The number of piperidine rings is 1. The molecule has 2 aromatic carbocycles. The Balaban J connectivity index is 1.38. The summed E-state index contributed by atoms with van der Waals surface area (Å²) in [6, 6.07) is 16.2. The van der Waals surface area contributed by atoms with Gasteiger partial charge in [-0.2, -0.15) is 0 Å². The molecule has 182 valence electrons. The average molecular weight is 468 g/mol. The van der Waals surface area contributed by atoms with Crippen LogP contribution >= 0.6 is 0 Å². The fraction of sp³-hybridized carbons (Fsp3) is 0.344. The van der Waals surface area contributed by atoms with Gasteiger partial charge in [0.15, 0.2) is 0 Å². The first-order valence-corrected chi connectivity index (χ1v) is 12.5. The third-order valence-corrected chi connectivity index (χ3v) is 7.42. The molecule has 3 nitrogen and oxygen atoms in total. The molecule has 1 saturated heterocycles. The summed E-state index contributed by atoms with van der Waals surface area (Å²) in [7, 11) is 2.16. The minimum atomic E-state index is -0.241. The molecule has 1 heterocycles. The Labute approximate surface area is 210 Å². The van der Waals surface area contributed by atoms with Gasteiger partial charge in [0.1, 0.15) is 6.10 Å². The van der Waals surface area contributed by atoms with E-state index in [4.69, 9.17) is 4.74 Å². The van der Waals surface area contributed by atoms with E-state index >= 15 is 0 Å². The lowest BCUT2D eigenvalue weighted by Gasteiger charge is -2.53. The molecular weight excluding hydrogens is 430 g/mol. The van der Waals surface area contributed by atoms with Crippen molar-refractivity contribution in [2.24, 2.45) is 5.92 Å². The van der Waals surface area contributed by atoms with Crippen LogP contribution in [0.2, 0.25) is 0 Å². The topological polar surface area (TPSA) is 29.5 Å². The third kappa shape index (κ3) is 6.10. The number of carbonyl (C=O) groups excluding carboxylic acids is 1. The molecule has 4 rings (SSSR count). The number of rotatable bonds is 5. The summed E-state index contributed by atoms with van der Waals surface area (Å²) in [5.74, 6) is 0.0682. The lowest BCUT2D eigenvalue weighted by Crippen LogP contribution is -2.60. The number of hydrogen-bond donors (Lipinski definition) is 0. The van der Waals surface area contributed by atoms with Gasteiger partial charge in [0.2, 0.25) is 0 Å². The SMILES string of the molecule is CN1C(C)(C)CC(OC(=O)c2ccc(-c3ccc(/C=C/C4C=CC=CC=C4)cc3)cc2)CC1(C)C. The van der Waals surface area contributed by atoms with Crippen LogP contribution < -0.4 is 0 Å². The van der Waals surface area contributed by atoms with Gasteiger partial charge in [-0.15, -0.1) is 0 Å². The highest BCUT2D eigenvalue weighted by atomic mass is 16.5. The van der Waals surface area contributed by atoms with Crippen molar-refractivity contribution in [1.82, 2.24) is 4.90 Å². The fourth-order valence-corrected chi connectivity index (χ4v) is 5.10. The summed E-state index contributed by atoms with van der Waals surface area (Å²) < 4.78 is 5.96. The molecule has 1 aliphatic heterocycles. The maximum atomic E-state index is 12.9. The Morgan fingerprint density at radius 2 is 1.34 bits per heavy atom. The van der Waals surface area contributed by atoms with Crippen LogP contribution in [0.3, 0.4) is 0 Å². The zero-order valence-corrected chi connectivity index (χ0v) is 21.6. The molecule has 1 fully saturated rings. The van der Waals surface area contributed by atoms with Crippen molar-refractivity contribution in [2.45, 2.75) is 57.7 Å². The van der Waals surface area contributed by atoms with E-state index in [1.807, 2.05) is 36.4 Å². The molecule has 35 heavy (non-hydrogen) atoms. The first-order chi connectivity index (χ1) is 16.6. The number of hydrogen-bond acceptors (Lipinski definition) is 3. The molecule has 0 atom stereocenters. The van der Waals surface area contributed by atoms with Gasteiger partial charge in [-0.05, 0) is 63.6 Å². The van der Waals surface area contributed by atoms with Gasteiger partial charge in [0, 0.05) is 29.8 Å². The molecule has 0 N–H and O–H groups in total. The minimum absolute atomic E-state index is 0.0157. The minimum Gasteiger partial charge on any atom is -0.459 e. The van der Waals surface area contributed by atoms with Gasteiger partial charge >= 0.3 is 5.97 Å². The van der Waals surface area contributed by atoms with Crippen molar-refractivity contribution >= 4 is 12.0 Å². The van der Waals surface area contributed by atoms with Crippen molar-refractivity contribution in [3.8, 4) is 11.1 Å². The lowest BCUT2D eigenvalue weighted by atomic mass is 9.79. The summed E-state index contributed by atoms with van der Waals surface area (Å²) in [5.41, 5.74) is 3.94. The molecule has 2 aromatic rings. The zero-order valence-electron chi connectivity index (χ0n) is 21.6.